The van der Waals surface area contributed by atoms with E-state index in [1.54, 1.807) is 6.92 Å². The second-order valence-corrected chi connectivity index (χ2v) is 2.09. The van der Waals surface area contributed by atoms with Crippen molar-refractivity contribution >= 4 is 11.8 Å². The third kappa shape index (κ3) is 1.58. The molecule has 0 saturated heterocycles. The predicted octanol–water partition coefficient (Wildman–Crippen LogP) is -0.396. The highest BCUT2D eigenvalue weighted by atomic mass is 16.5. The second kappa shape index (κ2) is 3.18. The van der Waals surface area contributed by atoms with Crippen LogP contribution >= 0.6 is 0 Å². The molecular formula is C7H9NO3. The number of esters is 1. The van der Waals surface area contributed by atoms with Gasteiger partial charge in [-0.2, -0.15) is 0 Å². The van der Waals surface area contributed by atoms with Gasteiger partial charge in [0.2, 0.25) is 0 Å². The largest absolute Gasteiger partial charge is 0.464 e. The summed E-state index contributed by atoms with van der Waals surface area (Å²) in [7, 11) is 0. The van der Waals surface area contributed by atoms with Crippen molar-refractivity contribution in [3.05, 3.63) is 12.3 Å². The fourth-order valence-corrected chi connectivity index (χ4v) is 0.815. The molecule has 0 radical (unpaired) electrons. The Kier molecular flexibility index (Phi) is 2.25. The van der Waals surface area contributed by atoms with Gasteiger partial charge in [0.25, 0.3) is 0 Å². The number of ether oxygens (including phenoxy) is 1. The molecule has 0 fully saturated rings. The smallest absolute Gasteiger partial charge is 0.336 e. The summed E-state index contributed by atoms with van der Waals surface area (Å²) in [5, 5.41) is 2.59. The number of rotatable bonds is 2. The second-order valence-electron chi connectivity index (χ2n) is 2.09. The standard InChI is InChI=1S/C7H9NO3/c1-2-11-7(10)6-5(9)3-4-8-6/h3-4,6,8H,2H2,1H3. The molecule has 0 bridgehead atoms. The van der Waals surface area contributed by atoms with E-state index in [4.69, 9.17) is 0 Å². The minimum absolute atomic E-state index is 0.247. The number of ketones is 1. The normalized spacial score (nSPS) is 21.5. The van der Waals surface area contributed by atoms with Gasteiger partial charge in [-0.15, -0.1) is 0 Å². The summed E-state index contributed by atoms with van der Waals surface area (Å²) < 4.78 is 4.63. The monoisotopic (exact) mass is 155 g/mol. The summed E-state index contributed by atoms with van der Waals surface area (Å²) in [5.41, 5.74) is 0. The quantitative estimate of drug-likeness (QED) is 0.435. The van der Waals surface area contributed by atoms with Crippen molar-refractivity contribution < 1.29 is 14.3 Å². The Hall–Kier alpha value is -1.32. The maximum absolute atomic E-state index is 10.9. The molecule has 0 amide bonds. The highest BCUT2D eigenvalue weighted by Gasteiger charge is 2.27. The molecule has 1 N–H and O–H groups in total. The summed E-state index contributed by atoms with van der Waals surface area (Å²) in [6.07, 6.45) is 2.77. The van der Waals surface area contributed by atoms with Crippen LogP contribution in [0.2, 0.25) is 0 Å². The molecule has 1 rings (SSSR count). The number of nitrogens with one attached hydrogen (secondary N) is 1. The van der Waals surface area contributed by atoms with Gasteiger partial charge in [0.05, 0.1) is 6.61 Å². The lowest BCUT2D eigenvalue weighted by Crippen LogP contribution is -2.37. The molecule has 0 aromatic heterocycles. The maximum atomic E-state index is 10.9. The molecule has 0 aromatic carbocycles. The van der Waals surface area contributed by atoms with Gasteiger partial charge < -0.3 is 10.1 Å². The maximum Gasteiger partial charge on any atom is 0.336 e. The molecule has 1 atom stereocenters. The van der Waals surface area contributed by atoms with E-state index in [-0.39, 0.29) is 5.78 Å². The number of carbonyl (C=O) groups is 2. The third-order valence-electron chi connectivity index (χ3n) is 1.32. The zero-order valence-corrected chi connectivity index (χ0v) is 6.16. The summed E-state index contributed by atoms with van der Waals surface area (Å²) in [5.74, 6) is -0.758. The summed E-state index contributed by atoms with van der Waals surface area (Å²) in [6, 6.07) is -0.810. The summed E-state index contributed by atoms with van der Waals surface area (Å²) in [4.78, 5) is 21.8. The molecule has 0 saturated carbocycles. The highest BCUT2D eigenvalue weighted by molar-refractivity contribution is 6.10. The molecular weight excluding hydrogens is 146 g/mol. The molecule has 1 heterocycles. The molecule has 0 spiro atoms. The SMILES string of the molecule is CCOC(=O)C1NC=CC1=O. The Morgan fingerprint density at radius 2 is 2.55 bits per heavy atom. The van der Waals surface area contributed by atoms with Crippen LogP contribution in [0.4, 0.5) is 0 Å². The molecule has 0 aromatic rings. The van der Waals surface area contributed by atoms with Crippen LogP contribution in [0.25, 0.3) is 0 Å². The first kappa shape index (κ1) is 7.78. The highest BCUT2D eigenvalue weighted by Crippen LogP contribution is 1.98. The van der Waals surface area contributed by atoms with Gasteiger partial charge in [0, 0.05) is 6.20 Å². The Bertz CT molecular complexity index is 210. The fourth-order valence-electron chi connectivity index (χ4n) is 0.815. The van der Waals surface area contributed by atoms with Crippen LogP contribution in [0.3, 0.4) is 0 Å². The van der Waals surface area contributed by atoms with Gasteiger partial charge in [-0.1, -0.05) is 0 Å². The van der Waals surface area contributed by atoms with Crippen molar-refractivity contribution in [2.24, 2.45) is 0 Å². The van der Waals surface area contributed by atoms with Crippen LogP contribution in [0, 0.1) is 0 Å². The zero-order valence-electron chi connectivity index (χ0n) is 6.16. The lowest BCUT2D eigenvalue weighted by molar-refractivity contribution is -0.147. The van der Waals surface area contributed by atoms with Gasteiger partial charge in [0.1, 0.15) is 0 Å². The molecule has 60 valence electrons. The van der Waals surface area contributed by atoms with E-state index < -0.39 is 12.0 Å². The van der Waals surface area contributed by atoms with E-state index in [1.807, 2.05) is 0 Å². The average Bonchev–Trinajstić information content (AvgIpc) is 2.36. The van der Waals surface area contributed by atoms with Crippen LogP contribution < -0.4 is 5.32 Å². The fraction of sp³-hybridized carbons (Fsp3) is 0.429. The molecule has 11 heavy (non-hydrogen) atoms. The van der Waals surface area contributed by atoms with Crippen LogP contribution in [0.5, 0.6) is 0 Å². The lowest BCUT2D eigenvalue weighted by Gasteiger charge is -2.07. The van der Waals surface area contributed by atoms with Crippen molar-refractivity contribution in [2.45, 2.75) is 13.0 Å². The first-order chi connectivity index (χ1) is 5.25. The minimum Gasteiger partial charge on any atom is -0.464 e. The van der Waals surface area contributed by atoms with Crippen molar-refractivity contribution in [3.8, 4) is 0 Å². The predicted molar refractivity (Wildman–Crippen MR) is 37.7 cm³/mol. The Morgan fingerprint density at radius 1 is 1.82 bits per heavy atom. The molecule has 4 nitrogen and oxygen atoms in total. The van der Waals surface area contributed by atoms with Gasteiger partial charge >= 0.3 is 5.97 Å². The number of carbonyl (C=O) groups excluding carboxylic acids is 2. The first-order valence-corrected chi connectivity index (χ1v) is 3.38. The lowest BCUT2D eigenvalue weighted by atomic mass is 10.2. The molecule has 4 heteroatoms. The number of hydrogen-bond donors (Lipinski definition) is 1. The van der Waals surface area contributed by atoms with E-state index in [0.29, 0.717) is 6.61 Å². The number of hydrogen-bond acceptors (Lipinski definition) is 4. The average molecular weight is 155 g/mol. The van der Waals surface area contributed by atoms with E-state index in [0.717, 1.165) is 0 Å². The van der Waals surface area contributed by atoms with Crippen molar-refractivity contribution in [1.29, 1.82) is 0 Å². The van der Waals surface area contributed by atoms with Gasteiger partial charge in [0.15, 0.2) is 11.8 Å². The van der Waals surface area contributed by atoms with Crippen LogP contribution in [0.1, 0.15) is 6.92 Å². The van der Waals surface area contributed by atoms with Crippen molar-refractivity contribution in [2.75, 3.05) is 6.61 Å². The van der Waals surface area contributed by atoms with E-state index in [9.17, 15) is 9.59 Å². The van der Waals surface area contributed by atoms with E-state index in [1.165, 1.54) is 12.3 Å². The topological polar surface area (TPSA) is 55.4 Å². The van der Waals surface area contributed by atoms with Crippen LogP contribution in [0.15, 0.2) is 12.3 Å². The minimum atomic E-state index is -0.810. The van der Waals surface area contributed by atoms with Gasteiger partial charge in [-0.3, -0.25) is 4.79 Å². The molecule has 1 aliphatic rings. The zero-order chi connectivity index (χ0) is 8.27. The summed E-state index contributed by atoms with van der Waals surface area (Å²) in [6.45, 7) is 2.00. The summed E-state index contributed by atoms with van der Waals surface area (Å²) >= 11 is 0. The van der Waals surface area contributed by atoms with Crippen LogP contribution in [-0.4, -0.2) is 24.4 Å². The Morgan fingerprint density at radius 3 is 3.00 bits per heavy atom. The van der Waals surface area contributed by atoms with E-state index in [2.05, 4.69) is 10.1 Å². The van der Waals surface area contributed by atoms with E-state index >= 15 is 0 Å². The molecule has 1 aliphatic heterocycles. The van der Waals surface area contributed by atoms with Crippen molar-refractivity contribution in [3.63, 3.8) is 0 Å². The van der Waals surface area contributed by atoms with Gasteiger partial charge in [-0.25, -0.2) is 4.79 Å². The van der Waals surface area contributed by atoms with Crippen LogP contribution in [-0.2, 0) is 14.3 Å². The van der Waals surface area contributed by atoms with Crippen molar-refractivity contribution in [1.82, 2.24) is 5.32 Å². The Labute approximate surface area is 64.2 Å². The first-order valence-electron chi connectivity index (χ1n) is 3.38. The van der Waals surface area contributed by atoms with Gasteiger partial charge in [-0.05, 0) is 13.0 Å². The Balaban J connectivity index is 2.49. The molecule has 0 aliphatic carbocycles. The molecule has 1 unspecified atom stereocenters. The third-order valence-corrected chi connectivity index (χ3v) is 1.32.